The Morgan fingerprint density at radius 2 is 1.09 bits per heavy atom. The van der Waals surface area contributed by atoms with Crippen molar-refractivity contribution in [1.82, 2.24) is 0 Å². The summed E-state index contributed by atoms with van der Waals surface area (Å²) in [6, 6.07) is 19.8. The molecule has 0 unspecified atom stereocenters. The van der Waals surface area contributed by atoms with Crippen molar-refractivity contribution in [2.45, 2.75) is 0 Å². The maximum absolute atomic E-state index is 11.9. The largest absolute Gasteiger partial charge is 0.478 e. The number of anilines is 2. The maximum Gasteiger partial charge on any atom is 0.336 e. The number of aromatic carboxylic acids is 1. The topological polar surface area (TPSA) is 89.3 Å². The third kappa shape index (κ3) is 2.87. The minimum atomic E-state index is -0.968. The Labute approximate surface area is 134 Å². The van der Waals surface area contributed by atoms with Crippen molar-refractivity contribution in [2.75, 3.05) is 11.5 Å². The lowest BCUT2D eigenvalue weighted by Crippen LogP contribution is -2.03. The summed E-state index contributed by atoms with van der Waals surface area (Å²) in [5.41, 5.74) is 15.9. The molecule has 0 aromatic heterocycles. The summed E-state index contributed by atoms with van der Waals surface area (Å²) in [7, 11) is 0. The molecule has 114 valence electrons. The first kappa shape index (κ1) is 14.7. The monoisotopic (exact) mass is 304 g/mol. The normalized spacial score (nSPS) is 10.4. The van der Waals surface area contributed by atoms with Crippen LogP contribution in [0.5, 0.6) is 0 Å². The van der Waals surface area contributed by atoms with Gasteiger partial charge in [-0.2, -0.15) is 0 Å². The number of rotatable bonds is 3. The van der Waals surface area contributed by atoms with Crippen LogP contribution in [0.4, 0.5) is 11.4 Å². The van der Waals surface area contributed by atoms with Crippen LogP contribution in [0.2, 0.25) is 0 Å². The van der Waals surface area contributed by atoms with Gasteiger partial charge in [0.1, 0.15) is 0 Å². The molecule has 0 spiro atoms. The number of hydrogen-bond acceptors (Lipinski definition) is 3. The Morgan fingerprint density at radius 1 is 0.696 bits per heavy atom. The summed E-state index contributed by atoms with van der Waals surface area (Å²) < 4.78 is 0. The molecule has 0 aliphatic rings. The van der Waals surface area contributed by atoms with Crippen molar-refractivity contribution in [3.05, 3.63) is 72.3 Å². The van der Waals surface area contributed by atoms with Crippen LogP contribution in [0.1, 0.15) is 10.4 Å². The Morgan fingerprint density at radius 3 is 1.43 bits per heavy atom. The van der Waals surface area contributed by atoms with Crippen LogP contribution < -0.4 is 11.5 Å². The average Bonchev–Trinajstić information content (AvgIpc) is 2.55. The smallest absolute Gasteiger partial charge is 0.336 e. The lowest BCUT2D eigenvalue weighted by molar-refractivity contribution is 0.0698. The first-order valence-electron chi connectivity index (χ1n) is 7.14. The minimum Gasteiger partial charge on any atom is -0.478 e. The maximum atomic E-state index is 11.9. The number of carboxylic acid groups (broad SMARTS) is 1. The summed E-state index contributed by atoms with van der Waals surface area (Å²) >= 11 is 0. The van der Waals surface area contributed by atoms with Gasteiger partial charge in [0.05, 0.1) is 5.56 Å². The summed E-state index contributed by atoms with van der Waals surface area (Å²) in [6.45, 7) is 0. The molecule has 4 nitrogen and oxygen atoms in total. The Bertz CT molecular complexity index is 790. The highest BCUT2D eigenvalue weighted by Crippen LogP contribution is 2.33. The number of carbonyl (C=O) groups is 1. The van der Waals surface area contributed by atoms with Crippen molar-refractivity contribution in [1.29, 1.82) is 0 Å². The van der Waals surface area contributed by atoms with Gasteiger partial charge in [-0.25, -0.2) is 4.79 Å². The highest BCUT2D eigenvalue weighted by molar-refractivity contribution is 6.03. The van der Waals surface area contributed by atoms with Crippen LogP contribution in [0.25, 0.3) is 22.3 Å². The quantitative estimate of drug-likeness (QED) is 0.640. The minimum absolute atomic E-state index is 0.266. The van der Waals surface area contributed by atoms with Crippen LogP contribution >= 0.6 is 0 Å². The van der Waals surface area contributed by atoms with Gasteiger partial charge in [-0.15, -0.1) is 0 Å². The Hall–Kier alpha value is -3.27. The average molecular weight is 304 g/mol. The van der Waals surface area contributed by atoms with Crippen molar-refractivity contribution in [3.8, 4) is 22.3 Å². The van der Waals surface area contributed by atoms with E-state index in [9.17, 15) is 9.90 Å². The fraction of sp³-hybridized carbons (Fsp3) is 0. The van der Waals surface area contributed by atoms with Crippen LogP contribution in [0.15, 0.2) is 66.7 Å². The van der Waals surface area contributed by atoms with Gasteiger partial charge < -0.3 is 16.6 Å². The molecule has 3 aromatic rings. The molecule has 0 aliphatic heterocycles. The lowest BCUT2D eigenvalue weighted by atomic mass is 9.91. The van der Waals surface area contributed by atoms with E-state index in [4.69, 9.17) is 11.5 Å². The summed E-state index contributed by atoms with van der Waals surface area (Å²) in [6.07, 6.45) is 0. The van der Waals surface area contributed by atoms with E-state index in [-0.39, 0.29) is 5.56 Å². The zero-order valence-electron chi connectivity index (χ0n) is 12.4. The van der Waals surface area contributed by atoms with E-state index < -0.39 is 5.97 Å². The van der Waals surface area contributed by atoms with Gasteiger partial charge in [0.15, 0.2) is 0 Å². The van der Waals surface area contributed by atoms with Crippen molar-refractivity contribution >= 4 is 17.3 Å². The molecular weight excluding hydrogens is 288 g/mol. The standard InChI is InChI=1S/C19H16N2O2/c20-14-8-4-12(5-9-14)16-2-1-3-17(18(16)19(22)23)13-6-10-15(21)11-7-13/h1-11H,20-21H2,(H,22,23). The van der Waals surface area contributed by atoms with E-state index in [1.54, 1.807) is 36.4 Å². The van der Waals surface area contributed by atoms with Crippen molar-refractivity contribution in [3.63, 3.8) is 0 Å². The molecule has 0 heterocycles. The van der Waals surface area contributed by atoms with Crippen molar-refractivity contribution in [2.24, 2.45) is 0 Å². The second-order valence-corrected chi connectivity index (χ2v) is 5.28. The molecule has 0 aliphatic carbocycles. The van der Waals surface area contributed by atoms with Crippen LogP contribution in [-0.4, -0.2) is 11.1 Å². The van der Waals surface area contributed by atoms with Gasteiger partial charge in [0.2, 0.25) is 0 Å². The van der Waals surface area contributed by atoms with E-state index in [1.165, 1.54) is 0 Å². The molecular formula is C19H16N2O2. The molecule has 3 rings (SSSR count). The molecule has 5 N–H and O–H groups in total. The molecule has 0 atom stereocenters. The molecule has 0 bridgehead atoms. The van der Waals surface area contributed by atoms with Gasteiger partial charge in [0.25, 0.3) is 0 Å². The summed E-state index contributed by atoms with van der Waals surface area (Å²) in [5.74, 6) is -0.968. The number of carboxylic acids is 1. The highest BCUT2D eigenvalue weighted by Gasteiger charge is 2.17. The fourth-order valence-electron chi connectivity index (χ4n) is 2.59. The van der Waals surface area contributed by atoms with E-state index in [1.807, 2.05) is 30.3 Å². The van der Waals surface area contributed by atoms with Gasteiger partial charge in [-0.1, -0.05) is 42.5 Å². The van der Waals surface area contributed by atoms with Gasteiger partial charge in [-0.05, 0) is 46.5 Å². The highest BCUT2D eigenvalue weighted by atomic mass is 16.4. The summed E-state index contributed by atoms with van der Waals surface area (Å²) in [4.78, 5) is 11.9. The lowest BCUT2D eigenvalue weighted by Gasteiger charge is -2.12. The van der Waals surface area contributed by atoms with Crippen LogP contribution in [0, 0.1) is 0 Å². The number of hydrogen-bond donors (Lipinski definition) is 3. The molecule has 23 heavy (non-hydrogen) atoms. The molecule has 0 saturated heterocycles. The van der Waals surface area contributed by atoms with Crippen molar-refractivity contribution < 1.29 is 9.90 Å². The Kier molecular flexibility index (Phi) is 3.73. The number of benzene rings is 3. The van der Waals surface area contributed by atoms with Gasteiger partial charge in [0, 0.05) is 11.4 Å². The predicted molar refractivity (Wildman–Crippen MR) is 93.1 cm³/mol. The van der Waals surface area contributed by atoms with Gasteiger partial charge in [-0.3, -0.25) is 0 Å². The van der Waals surface area contributed by atoms with Gasteiger partial charge >= 0.3 is 5.97 Å². The molecule has 0 radical (unpaired) electrons. The summed E-state index contributed by atoms with van der Waals surface area (Å²) in [5, 5.41) is 9.73. The number of nitrogen functional groups attached to an aromatic ring is 2. The molecule has 3 aromatic carbocycles. The molecule has 0 fully saturated rings. The Balaban J connectivity index is 2.22. The molecule has 4 heteroatoms. The van der Waals surface area contributed by atoms with Crippen LogP contribution in [-0.2, 0) is 0 Å². The third-order valence-corrected chi connectivity index (χ3v) is 3.72. The number of nitrogens with two attached hydrogens (primary N) is 2. The van der Waals surface area contributed by atoms with E-state index in [0.29, 0.717) is 22.5 Å². The molecule has 0 amide bonds. The zero-order valence-corrected chi connectivity index (χ0v) is 12.4. The van der Waals surface area contributed by atoms with Crippen LogP contribution in [0.3, 0.4) is 0 Å². The predicted octanol–water partition coefficient (Wildman–Crippen LogP) is 3.88. The first-order chi connectivity index (χ1) is 11.1. The van der Waals surface area contributed by atoms with E-state index in [0.717, 1.165) is 11.1 Å². The van der Waals surface area contributed by atoms with E-state index >= 15 is 0 Å². The SMILES string of the molecule is Nc1ccc(-c2cccc(-c3ccc(N)cc3)c2C(=O)O)cc1. The third-order valence-electron chi connectivity index (χ3n) is 3.72. The second kappa shape index (κ2) is 5.85. The zero-order chi connectivity index (χ0) is 16.4. The first-order valence-corrected chi connectivity index (χ1v) is 7.14. The second-order valence-electron chi connectivity index (χ2n) is 5.28. The van der Waals surface area contributed by atoms with E-state index in [2.05, 4.69) is 0 Å². The molecule has 0 saturated carbocycles. The fourth-order valence-corrected chi connectivity index (χ4v) is 2.59.